The maximum atomic E-state index is 12.2. The number of hydrogen-bond donors (Lipinski definition) is 0. The number of carbonyl (C=O) groups excluding carboxylic acids is 1. The molecule has 0 N–H and O–H groups in total. The van der Waals surface area contributed by atoms with Crippen molar-refractivity contribution < 1.29 is 19.0 Å². The number of amides is 1. The molecule has 1 fully saturated rings. The predicted octanol–water partition coefficient (Wildman–Crippen LogP) is 4.84. The Kier molecular flexibility index (Phi) is 8.17. The van der Waals surface area contributed by atoms with Gasteiger partial charge in [-0.1, -0.05) is 30.3 Å². The van der Waals surface area contributed by atoms with E-state index in [1.54, 1.807) is 12.0 Å². The van der Waals surface area contributed by atoms with Crippen LogP contribution < -0.4 is 9.47 Å². The number of hydrogen-bond acceptors (Lipinski definition) is 5. The van der Waals surface area contributed by atoms with Crippen LogP contribution in [-0.4, -0.2) is 61.4 Å². The van der Waals surface area contributed by atoms with Gasteiger partial charge >= 0.3 is 6.09 Å². The van der Waals surface area contributed by atoms with Crippen molar-refractivity contribution in [2.24, 2.45) is 0 Å². The minimum atomic E-state index is -0.452. The fraction of sp³-hybridized carbons (Fsp3) is 0.423. The second kappa shape index (κ2) is 11.0. The van der Waals surface area contributed by atoms with Crippen LogP contribution in [-0.2, 0) is 11.3 Å². The summed E-state index contributed by atoms with van der Waals surface area (Å²) in [7, 11) is 1.65. The lowest BCUT2D eigenvalue weighted by Crippen LogP contribution is -2.49. The average Bonchev–Trinajstić information content (AvgIpc) is 2.77. The molecule has 3 rings (SSSR count). The molecule has 0 aromatic heterocycles. The highest BCUT2D eigenvalue weighted by Gasteiger charge is 2.25. The molecular formula is C26H34N2O4. The van der Waals surface area contributed by atoms with Gasteiger partial charge < -0.3 is 19.1 Å². The van der Waals surface area contributed by atoms with Crippen LogP contribution in [0.2, 0.25) is 0 Å². The van der Waals surface area contributed by atoms with Crippen molar-refractivity contribution in [2.45, 2.75) is 32.9 Å². The van der Waals surface area contributed by atoms with Crippen molar-refractivity contribution in [1.82, 2.24) is 9.80 Å². The van der Waals surface area contributed by atoms with Crippen molar-refractivity contribution >= 4 is 12.2 Å². The van der Waals surface area contributed by atoms with Crippen molar-refractivity contribution in [3.8, 4) is 11.5 Å². The van der Waals surface area contributed by atoms with E-state index in [1.165, 1.54) is 5.56 Å². The van der Waals surface area contributed by atoms with E-state index in [2.05, 4.69) is 35.2 Å². The van der Waals surface area contributed by atoms with E-state index in [4.69, 9.17) is 14.2 Å². The van der Waals surface area contributed by atoms with Crippen molar-refractivity contribution in [2.75, 3.05) is 39.9 Å². The Morgan fingerprint density at radius 3 is 2.16 bits per heavy atom. The molecule has 2 aromatic rings. The molecule has 172 valence electrons. The number of rotatable bonds is 7. The second-order valence-electron chi connectivity index (χ2n) is 8.87. The fourth-order valence-corrected chi connectivity index (χ4v) is 3.41. The van der Waals surface area contributed by atoms with Crippen molar-refractivity contribution in [3.63, 3.8) is 0 Å². The average molecular weight is 439 g/mol. The summed E-state index contributed by atoms with van der Waals surface area (Å²) >= 11 is 0. The summed E-state index contributed by atoms with van der Waals surface area (Å²) in [5, 5.41) is 0. The zero-order valence-electron chi connectivity index (χ0n) is 19.5. The van der Waals surface area contributed by atoms with E-state index in [-0.39, 0.29) is 6.09 Å². The molecule has 0 saturated carbocycles. The summed E-state index contributed by atoms with van der Waals surface area (Å²) in [5.41, 5.74) is 1.95. The van der Waals surface area contributed by atoms with E-state index in [9.17, 15) is 4.79 Å². The molecule has 0 bridgehead atoms. The molecule has 0 atom stereocenters. The zero-order valence-corrected chi connectivity index (χ0v) is 19.5. The van der Waals surface area contributed by atoms with Gasteiger partial charge in [0.05, 0.1) is 7.11 Å². The molecule has 1 saturated heterocycles. The Hall–Kier alpha value is -2.99. The topological polar surface area (TPSA) is 51.2 Å². The van der Waals surface area contributed by atoms with E-state index < -0.39 is 5.60 Å². The molecule has 6 nitrogen and oxygen atoms in total. The smallest absolute Gasteiger partial charge is 0.410 e. The summed E-state index contributed by atoms with van der Waals surface area (Å²) < 4.78 is 16.3. The number of ether oxygens (including phenoxy) is 3. The first-order valence-corrected chi connectivity index (χ1v) is 11.0. The van der Waals surface area contributed by atoms with Gasteiger partial charge in [0.25, 0.3) is 0 Å². The van der Waals surface area contributed by atoms with Crippen LogP contribution in [0.5, 0.6) is 11.5 Å². The monoisotopic (exact) mass is 438 g/mol. The number of nitrogens with zero attached hydrogens (tertiary/aromatic N) is 2. The molecule has 1 heterocycles. The van der Waals surface area contributed by atoms with Gasteiger partial charge in [0, 0.05) is 32.7 Å². The molecule has 2 aromatic carbocycles. The van der Waals surface area contributed by atoms with Crippen molar-refractivity contribution in [1.29, 1.82) is 0 Å². The van der Waals surface area contributed by atoms with Crippen LogP contribution in [0.15, 0.2) is 54.6 Å². The molecule has 0 spiro atoms. The lowest BCUT2D eigenvalue weighted by atomic mass is 10.1. The Morgan fingerprint density at radius 2 is 1.56 bits per heavy atom. The first-order chi connectivity index (χ1) is 15.3. The largest absolute Gasteiger partial charge is 0.497 e. The number of piperazine rings is 1. The lowest BCUT2D eigenvalue weighted by Gasteiger charge is -2.35. The molecule has 1 amide bonds. The van der Waals surface area contributed by atoms with Gasteiger partial charge in [0.1, 0.15) is 23.7 Å². The zero-order chi connectivity index (χ0) is 23.0. The van der Waals surface area contributed by atoms with Crippen molar-refractivity contribution in [3.05, 3.63) is 65.7 Å². The number of carbonyl (C=O) groups is 1. The number of methoxy groups -OCH3 is 1. The highest BCUT2D eigenvalue weighted by atomic mass is 16.6. The Balaban J connectivity index is 1.40. The minimum Gasteiger partial charge on any atom is -0.497 e. The lowest BCUT2D eigenvalue weighted by molar-refractivity contribution is 0.0139. The van der Waals surface area contributed by atoms with Gasteiger partial charge in [0.2, 0.25) is 0 Å². The maximum Gasteiger partial charge on any atom is 0.410 e. The van der Waals surface area contributed by atoms with Crippen LogP contribution >= 0.6 is 0 Å². The summed E-state index contributed by atoms with van der Waals surface area (Å²) in [5.74, 6) is 1.63. The van der Waals surface area contributed by atoms with Gasteiger partial charge in [-0.3, -0.25) is 4.90 Å². The summed E-state index contributed by atoms with van der Waals surface area (Å²) in [6, 6.07) is 16.1. The number of benzene rings is 2. The highest BCUT2D eigenvalue weighted by Crippen LogP contribution is 2.17. The van der Waals surface area contributed by atoms with Gasteiger partial charge in [-0.05, 0) is 62.2 Å². The van der Waals surface area contributed by atoms with E-state index in [0.717, 1.165) is 36.7 Å². The van der Waals surface area contributed by atoms with Gasteiger partial charge in [-0.25, -0.2) is 4.79 Å². The standard InChI is InChI=1S/C26H34N2O4/c1-26(2,3)32-25(29)28-17-15-27(16-18-28)20-22-9-7-21(8-10-22)6-5-19-31-24-13-11-23(30-4)12-14-24/h5-14H,15-20H2,1-4H3. The molecule has 1 aliphatic heterocycles. The van der Waals surface area contributed by atoms with Crippen LogP contribution in [0.25, 0.3) is 6.08 Å². The van der Waals surface area contributed by atoms with E-state index in [1.807, 2.05) is 51.1 Å². The first-order valence-electron chi connectivity index (χ1n) is 11.0. The Morgan fingerprint density at radius 1 is 0.938 bits per heavy atom. The van der Waals surface area contributed by atoms with Gasteiger partial charge in [-0.2, -0.15) is 0 Å². The van der Waals surface area contributed by atoms with Crippen LogP contribution in [0, 0.1) is 0 Å². The molecule has 6 heteroatoms. The minimum absolute atomic E-state index is 0.218. The van der Waals surface area contributed by atoms with Gasteiger partial charge in [0.15, 0.2) is 0 Å². The van der Waals surface area contributed by atoms with Gasteiger partial charge in [-0.15, -0.1) is 0 Å². The fourth-order valence-electron chi connectivity index (χ4n) is 3.41. The molecule has 0 unspecified atom stereocenters. The molecular weight excluding hydrogens is 404 g/mol. The summed E-state index contributed by atoms with van der Waals surface area (Å²) in [4.78, 5) is 16.4. The normalized spacial score (nSPS) is 15.1. The summed E-state index contributed by atoms with van der Waals surface area (Å²) in [6.07, 6.45) is 3.85. The van der Waals surface area contributed by atoms with E-state index in [0.29, 0.717) is 19.7 Å². The Bertz CT molecular complexity index is 878. The molecule has 0 aliphatic carbocycles. The third kappa shape index (κ3) is 7.61. The molecule has 0 radical (unpaired) electrons. The third-order valence-electron chi connectivity index (χ3n) is 5.13. The molecule has 32 heavy (non-hydrogen) atoms. The quantitative estimate of drug-likeness (QED) is 0.619. The maximum absolute atomic E-state index is 12.2. The molecule has 1 aliphatic rings. The van der Waals surface area contributed by atoms with Crippen LogP contribution in [0.3, 0.4) is 0 Å². The predicted molar refractivity (Wildman–Crippen MR) is 127 cm³/mol. The SMILES string of the molecule is COc1ccc(OCC=Cc2ccc(CN3CCN(C(=O)OC(C)(C)C)CC3)cc2)cc1. The highest BCUT2D eigenvalue weighted by molar-refractivity contribution is 5.68. The van der Waals surface area contributed by atoms with Crippen LogP contribution in [0.1, 0.15) is 31.9 Å². The summed E-state index contributed by atoms with van der Waals surface area (Å²) in [6.45, 7) is 10.2. The third-order valence-corrected chi connectivity index (χ3v) is 5.13. The Labute approximate surface area is 191 Å². The van der Waals surface area contributed by atoms with E-state index >= 15 is 0 Å². The van der Waals surface area contributed by atoms with Crippen LogP contribution in [0.4, 0.5) is 4.79 Å². The first kappa shape index (κ1) is 23.7. The second-order valence-corrected chi connectivity index (χ2v) is 8.87.